The minimum absolute atomic E-state index is 0.205. The van der Waals surface area contributed by atoms with Crippen LogP contribution in [0.2, 0.25) is 5.02 Å². The smallest absolute Gasteiger partial charge is 0.266 e. The van der Waals surface area contributed by atoms with E-state index in [1.807, 2.05) is 59.4 Å². The highest BCUT2D eigenvalue weighted by Gasteiger charge is 2.17. The minimum Gasteiger partial charge on any atom is -0.266 e. The number of thiazole rings is 1. The van der Waals surface area contributed by atoms with Crippen molar-refractivity contribution in [2.45, 2.75) is 20.8 Å². The fourth-order valence-corrected chi connectivity index (χ4v) is 5.67. The lowest BCUT2D eigenvalue weighted by Crippen LogP contribution is -2.23. The molecule has 0 aliphatic heterocycles. The van der Waals surface area contributed by atoms with Crippen molar-refractivity contribution in [1.82, 2.24) is 24.4 Å². The van der Waals surface area contributed by atoms with Crippen LogP contribution in [-0.2, 0) is 0 Å². The molecule has 0 atom stereocenters. The largest absolute Gasteiger partial charge is 0.291 e. The van der Waals surface area contributed by atoms with Crippen molar-refractivity contribution in [1.29, 1.82) is 0 Å². The Labute approximate surface area is 222 Å². The molecular formula is C29H22ClN5OS. The minimum atomic E-state index is -0.205. The molecule has 0 saturated carbocycles. The van der Waals surface area contributed by atoms with E-state index < -0.39 is 0 Å². The predicted molar refractivity (Wildman–Crippen MR) is 150 cm³/mol. The molecule has 3 heterocycles. The molecule has 6 aromatic rings. The van der Waals surface area contributed by atoms with Gasteiger partial charge in [-0.1, -0.05) is 58.8 Å². The molecule has 182 valence electrons. The average Bonchev–Trinajstić information content (AvgIpc) is 3.55. The van der Waals surface area contributed by atoms with Crippen LogP contribution in [0.5, 0.6) is 0 Å². The Kier molecular flexibility index (Phi) is 5.74. The summed E-state index contributed by atoms with van der Waals surface area (Å²) in [6.45, 7) is 6.29. The monoisotopic (exact) mass is 523 g/mol. The van der Waals surface area contributed by atoms with Gasteiger partial charge in [0.15, 0.2) is 5.82 Å². The summed E-state index contributed by atoms with van der Waals surface area (Å²) in [5.74, 6) is 0.495. The first-order valence-corrected chi connectivity index (χ1v) is 13.0. The number of benzene rings is 3. The van der Waals surface area contributed by atoms with Crippen LogP contribution in [0.3, 0.4) is 0 Å². The maximum atomic E-state index is 13.3. The number of nitrogens with zero attached hydrogens (tertiary/aromatic N) is 5. The zero-order chi connectivity index (χ0) is 25.7. The second-order valence-corrected chi connectivity index (χ2v) is 10.5. The van der Waals surface area contributed by atoms with Gasteiger partial charge in [0.1, 0.15) is 5.69 Å². The number of aromatic nitrogens is 5. The van der Waals surface area contributed by atoms with Crippen LogP contribution in [0.15, 0.2) is 77.7 Å². The maximum Gasteiger partial charge on any atom is 0.291 e. The van der Waals surface area contributed by atoms with Gasteiger partial charge >= 0.3 is 0 Å². The summed E-state index contributed by atoms with van der Waals surface area (Å²) in [6, 6.07) is 21.5. The number of hydrogen-bond acceptors (Lipinski definition) is 5. The van der Waals surface area contributed by atoms with Gasteiger partial charge in [0, 0.05) is 27.9 Å². The zero-order valence-corrected chi connectivity index (χ0v) is 22.0. The highest BCUT2D eigenvalue weighted by atomic mass is 35.5. The Morgan fingerprint density at radius 3 is 2.30 bits per heavy atom. The molecule has 0 unspecified atom stereocenters. The molecule has 0 amide bonds. The topological polar surface area (TPSA) is 65.1 Å². The van der Waals surface area contributed by atoms with Crippen LogP contribution in [0.4, 0.5) is 0 Å². The Balaban J connectivity index is 1.52. The Bertz CT molecular complexity index is 1860. The summed E-state index contributed by atoms with van der Waals surface area (Å²) < 4.78 is 3.78. The zero-order valence-electron chi connectivity index (χ0n) is 20.4. The first-order valence-electron chi connectivity index (χ1n) is 11.8. The molecule has 0 fully saturated rings. The molecule has 0 aliphatic carbocycles. The van der Waals surface area contributed by atoms with Gasteiger partial charge in [-0.05, 0) is 74.4 Å². The Morgan fingerprint density at radius 2 is 1.62 bits per heavy atom. The lowest BCUT2D eigenvalue weighted by Gasteiger charge is -2.10. The molecule has 3 aromatic carbocycles. The molecule has 0 saturated heterocycles. The molecule has 0 radical (unpaired) electrons. The normalized spacial score (nSPS) is 12.1. The average molecular weight is 524 g/mol. The van der Waals surface area contributed by atoms with Crippen LogP contribution >= 0.6 is 22.9 Å². The molecule has 3 aromatic heterocycles. The van der Waals surface area contributed by atoms with Crippen molar-refractivity contribution in [3.8, 4) is 28.3 Å². The van der Waals surface area contributed by atoms with Gasteiger partial charge in [0.25, 0.3) is 5.56 Å². The molecule has 6 nitrogen and oxygen atoms in total. The van der Waals surface area contributed by atoms with Gasteiger partial charge in [-0.2, -0.15) is 14.6 Å². The van der Waals surface area contributed by atoms with E-state index in [2.05, 4.69) is 43.0 Å². The molecule has 8 heteroatoms. The molecular weight excluding hydrogens is 502 g/mol. The number of fused-ring (bicyclic) bond motifs is 1. The third-order valence-electron chi connectivity index (χ3n) is 6.25. The van der Waals surface area contributed by atoms with E-state index >= 15 is 0 Å². The summed E-state index contributed by atoms with van der Waals surface area (Å²) in [5.41, 5.74) is 7.80. The first kappa shape index (κ1) is 23.3. The Morgan fingerprint density at radius 1 is 0.919 bits per heavy atom. The molecule has 0 spiro atoms. The van der Waals surface area contributed by atoms with E-state index in [4.69, 9.17) is 16.7 Å². The highest BCUT2D eigenvalue weighted by molar-refractivity contribution is 7.15. The standard InChI is InChI=1S/C29H22ClN5OS/c1-17-13-18(2)25(19(3)14-17)26-21(16-34(32-26)23-7-5-4-6-8-23)15-24-28(36)35-29(37-24)31-27(33-35)20-9-11-22(30)12-10-20/h4-16H,1-3H3. The van der Waals surface area contributed by atoms with Crippen molar-refractivity contribution in [2.24, 2.45) is 0 Å². The fourth-order valence-electron chi connectivity index (χ4n) is 4.65. The number of hydrogen-bond donors (Lipinski definition) is 0. The first-order chi connectivity index (χ1) is 17.9. The van der Waals surface area contributed by atoms with E-state index in [1.54, 1.807) is 12.1 Å². The van der Waals surface area contributed by atoms with Gasteiger partial charge in [-0.25, -0.2) is 4.68 Å². The van der Waals surface area contributed by atoms with E-state index in [1.165, 1.54) is 21.4 Å². The number of halogens is 1. The van der Waals surface area contributed by atoms with Crippen molar-refractivity contribution < 1.29 is 0 Å². The van der Waals surface area contributed by atoms with Crippen molar-refractivity contribution in [2.75, 3.05) is 0 Å². The summed E-state index contributed by atoms with van der Waals surface area (Å²) in [5, 5.41) is 10.1. The summed E-state index contributed by atoms with van der Waals surface area (Å²) >= 11 is 7.32. The van der Waals surface area contributed by atoms with E-state index in [0.717, 1.165) is 39.2 Å². The van der Waals surface area contributed by atoms with Crippen molar-refractivity contribution in [3.05, 3.63) is 115 Å². The lowest BCUT2D eigenvalue weighted by molar-refractivity contribution is 0.883. The summed E-state index contributed by atoms with van der Waals surface area (Å²) in [7, 11) is 0. The van der Waals surface area contributed by atoms with Gasteiger partial charge in [0.05, 0.1) is 10.2 Å². The molecule has 0 aliphatic rings. The number of aryl methyl sites for hydroxylation is 3. The van der Waals surface area contributed by atoms with Crippen LogP contribution in [0.1, 0.15) is 22.3 Å². The molecule has 0 N–H and O–H groups in total. The number of para-hydroxylation sites is 1. The fraction of sp³-hybridized carbons (Fsp3) is 0.103. The maximum absolute atomic E-state index is 13.3. The van der Waals surface area contributed by atoms with Gasteiger partial charge in [-0.3, -0.25) is 4.79 Å². The van der Waals surface area contributed by atoms with Crippen molar-refractivity contribution in [3.63, 3.8) is 0 Å². The van der Waals surface area contributed by atoms with Crippen LogP contribution < -0.4 is 10.1 Å². The lowest BCUT2D eigenvalue weighted by atomic mass is 9.95. The predicted octanol–water partition coefficient (Wildman–Crippen LogP) is 5.80. The molecule has 6 rings (SSSR count). The third kappa shape index (κ3) is 4.26. The second kappa shape index (κ2) is 9.10. The second-order valence-electron chi connectivity index (χ2n) is 9.04. The van der Waals surface area contributed by atoms with Crippen LogP contribution in [0.25, 0.3) is 39.4 Å². The molecule has 37 heavy (non-hydrogen) atoms. The quantitative estimate of drug-likeness (QED) is 0.293. The summed E-state index contributed by atoms with van der Waals surface area (Å²) in [4.78, 5) is 18.5. The van der Waals surface area contributed by atoms with E-state index in [9.17, 15) is 4.79 Å². The van der Waals surface area contributed by atoms with Crippen LogP contribution in [0, 0.1) is 20.8 Å². The van der Waals surface area contributed by atoms with E-state index in [-0.39, 0.29) is 5.56 Å². The van der Waals surface area contributed by atoms with Crippen LogP contribution in [-0.4, -0.2) is 24.4 Å². The third-order valence-corrected chi connectivity index (χ3v) is 7.46. The SMILES string of the molecule is Cc1cc(C)c(-c2nn(-c3ccccc3)cc2C=c2sc3nc(-c4ccc(Cl)cc4)nn3c2=O)c(C)c1. The molecule has 0 bridgehead atoms. The van der Waals surface area contributed by atoms with Gasteiger partial charge in [0.2, 0.25) is 4.96 Å². The van der Waals surface area contributed by atoms with Crippen molar-refractivity contribution >= 4 is 34.0 Å². The van der Waals surface area contributed by atoms with E-state index in [0.29, 0.717) is 20.3 Å². The van der Waals surface area contributed by atoms with Gasteiger partial charge < -0.3 is 0 Å². The summed E-state index contributed by atoms with van der Waals surface area (Å²) in [6.07, 6.45) is 3.86. The number of rotatable bonds is 4. The Hall–Kier alpha value is -4.07. The van der Waals surface area contributed by atoms with Gasteiger partial charge in [-0.15, -0.1) is 5.10 Å². The highest BCUT2D eigenvalue weighted by Crippen LogP contribution is 2.31.